The summed E-state index contributed by atoms with van der Waals surface area (Å²) in [5.74, 6) is 1.37. The van der Waals surface area contributed by atoms with E-state index in [1.807, 2.05) is 61.9 Å². The van der Waals surface area contributed by atoms with Crippen LogP contribution in [0.3, 0.4) is 0 Å². The highest BCUT2D eigenvalue weighted by atomic mass is 127. The van der Waals surface area contributed by atoms with Gasteiger partial charge in [-0.2, -0.15) is 5.10 Å². The first-order chi connectivity index (χ1) is 15.0. The molecule has 1 atom stereocenters. The molecule has 0 radical (unpaired) electrons. The molecule has 1 unspecified atom stereocenters. The molecule has 3 aromatic rings. The highest BCUT2D eigenvalue weighted by Gasteiger charge is 2.11. The van der Waals surface area contributed by atoms with Gasteiger partial charge in [0.2, 0.25) is 0 Å². The lowest BCUT2D eigenvalue weighted by Gasteiger charge is -2.16. The molecule has 7 nitrogen and oxygen atoms in total. The van der Waals surface area contributed by atoms with E-state index in [9.17, 15) is 5.11 Å². The number of aryl methyl sites for hydroxylation is 2. The van der Waals surface area contributed by atoms with Crippen molar-refractivity contribution in [2.24, 2.45) is 4.99 Å². The van der Waals surface area contributed by atoms with Gasteiger partial charge in [0.15, 0.2) is 5.96 Å². The van der Waals surface area contributed by atoms with Crippen molar-refractivity contribution in [3.63, 3.8) is 0 Å². The van der Waals surface area contributed by atoms with Gasteiger partial charge in [0.25, 0.3) is 0 Å². The number of methoxy groups -OCH3 is 1. The third-order valence-electron chi connectivity index (χ3n) is 4.92. The molecule has 3 rings (SSSR count). The molecule has 1 heterocycles. The van der Waals surface area contributed by atoms with Crippen LogP contribution in [0.15, 0.2) is 59.6 Å². The molecular formula is C24H32IN5O2. The summed E-state index contributed by atoms with van der Waals surface area (Å²) in [7, 11) is 1.61. The van der Waals surface area contributed by atoms with E-state index in [1.54, 1.807) is 7.11 Å². The second kappa shape index (κ2) is 12.4. The third kappa shape index (κ3) is 6.70. The van der Waals surface area contributed by atoms with Crippen molar-refractivity contribution in [2.75, 3.05) is 20.2 Å². The number of nitrogens with zero attached hydrogens (tertiary/aromatic N) is 3. The second-order valence-electron chi connectivity index (χ2n) is 7.34. The summed E-state index contributed by atoms with van der Waals surface area (Å²) in [4.78, 5) is 4.72. The first-order valence-electron chi connectivity index (χ1n) is 10.5. The van der Waals surface area contributed by atoms with E-state index in [4.69, 9.17) is 9.73 Å². The Morgan fingerprint density at radius 3 is 2.59 bits per heavy atom. The lowest BCUT2D eigenvalue weighted by Crippen LogP contribution is -2.39. The third-order valence-corrected chi connectivity index (χ3v) is 4.92. The van der Waals surface area contributed by atoms with Crippen molar-refractivity contribution in [3.8, 4) is 11.4 Å². The SMILES string of the molecule is CCNC(=NCc1ccccc1-n1nc(C)cc1C)NCC(O)c1cccc(OC)c1.I. The summed E-state index contributed by atoms with van der Waals surface area (Å²) >= 11 is 0. The Morgan fingerprint density at radius 1 is 1.12 bits per heavy atom. The molecule has 2 aromatic carbocycles. The van der Waals surface area contributed by atoms with Crippen molar-refractivity contribution in [3.05, 3.63) is 77.1 Å². The van der Waals surface area contributed by atoms with Gasteiger partial charge in [0.05, 0.1) is 31.1 Å². The van der Waals surface area contributed by atoms with E-state index >= 15 is 0 Å². The quantitative estimate of drug-likeness (QED) is 0.226. The van der Waals surface area contributed by atoms with Crippen LogP contribution in [-0.4, -0.2) is 41.0 Å². The van der Waals surface area contributed by atoms with Crippen LogP contribution >= 0.6 is 24.0 Å². The lowest BCUT2D eigenvalue weighted by molar-refractivity contribution is 0.180. The van der Waals surface area contributed by atoms with E-state index < -0.39 is 6.10 Å². The van der Waals surface area contributed by atoms with Gasteiger partial charge in [0, 0.05) is 18.8 Å². The number of aliphatic hydroxyl groups excluding tert-OH is 1. The molecule has 0 saturated carbocycles. The van der Waals surface area contributed by atoms with E-state index in [-0.39, 0.29) is 24.0 Å². The predicted octanol–water partition coefficient (Wildman–Crippen LogP) is 3.90. The molecule has 0 fully saturated rings. The van der Waals surface area contributed by atoms with E-state index in [0.29, 0.717) is 19.0 Å². The summed E-state index contributed by atoms with van der Waals surface area (Å²) in [6.07, 6.45) is -0.680. The minimum absolute atomic E-state index is 0. The fraction of sp³-hybridized carbons (Fsp3) is 0.333. The Kier molecular flexibility index (Phi) is 9.98. The summed E-state index contributed by atoms with van der Waals surface area (Å²) in [5, 5.41) is 21.6. The van der Waals surface area contributed by atoms with Gasteiger partial charge in [-0.25, -0.2) is 9.67 Å². The molecular weight excluding hydrogens is 517 g/mol. The average Bonchev–Trinajstić information content (AvgIpc) is 3.13. The minimum atomic E-state index is -0.680. The minimum Gasteiger partial charge on any atom is -0.497 e. The molecule has 172 valence electrons. The van der Waals surface area contributed by atoms with Crippen LogP contribution in [0.4, 0.5) is 0 Å². The Labute approximate surface area is 206 Å². The van der Waals surface area contributed by atoms with Crippen molar-refractivity contribution in [1.82, 2.24) is 20.4 Å². The Bertz CT molecular complexity index is 1030. The fourth-order valence-corrected chi connectivity index (χ4v) is 3.39. The highest BCUT2D eigenvalue weighted by Crippen LogP contribution is 2.19. The van der Waals surface area contributed by atoms with E-state index in [0.717, 1.165) is 40.5 Å². The number of benzene rings is 2. The van der Waals surface area contributed by atoms with E-state index in [1.165, 1.54) is 0 Å². The predicted molar refractivity (Wildman–Crippen MR) is 139 cm³/mol. The molecule has 0 aliphatic heterocycles. The molecule has 32 heavy (non-hydrogen) atoms. The molecule has 1 aromatic heterocycles. The zero-order valence-corrected chi connectivity index (χ0v) is 21.3. The summed E-state index contributed by atoms with van der Waals surface area (Å²) in [6, 6.07) is 17.6. The van der Waals surface area contributed by atoms with Gasteiger partial charge in [-0.05, 0) is 56.2 Å². The Balaban J connectivity index is 0.00000363. The highest BCUT2D eigenvalue weighted by molar-refractivity contribution is 14.0. The molecule has 3 N–H and O–H groups in total. The molecule has 0 saturated heterocycles. The zero-order chi connectivity index (χ0) is 22.2. The Hall–Kier alpha value is -2.59. The fourth-order valence-electron chi connectivity index (χ4n) is 3.39. The zero-order valence-electron chi connectivity index (χ0n) is 19.0. The molecule has 0 amide bonds. The van der Waals surface area contributed by atoms with Crippen molar-refractivity contribution < 1.29 is 9.84 Å². The number of aromatic nitrogens is 2. The van der Waals surface area contributed by atoms with Crippen LogP contribution in [0.25, 0.3) is 5.69 Å². The van der Waals surface area contributed by atoms with Gasteiger partial charge >= 0.3 is 0 Å². The molecule has 8 heteroatoms. The van der Waals surface area contributed by atoms with Crippen LogP contribution in [-0.2, 0) is 6.54 Å². The van der Waals surface area contributed by atoms with Gasteiger partial charge in [0.1, 0.15) is 5.75 Å². The maximum Gasteiger partial charge on any atom is 0.191 e. The maximum atomic E-state index is 10.6. The number of rotatable bonds is 8. The number of guanidine groups is 1. The number of nitrogens with one attached hydrogen (secondary N) is 2. The smallest absolute Gasteiger partial charge is 0.191 e. The van der Waals surface area contributed by atoms with Gasteiger partial charge in [-0.3, -0.25) is 0 Å². The van der Waals surface area contributed by atoms with Crippen molar-refractivity contribution >= 4 is 29.9 Å². The van der Waals surface area contributed by atoms with Gasteiger partial charge < -0.3 is 20.5 Å². The standard InChI is InChI=1S/C24H31N5O2.HI/c1-5-25-24(27-16-23(30)19-10-8-11-21(14-19)31-4)26-15-20-9-6-7-12-22(20)29-18(3)13-17(2)28-29;/h6-14,23,30H,5,15-16H2,1-4H3,(H2,25,26,27);1H. The van der Waals surface area contributed by atoms with Crippen LogP contribution in [0.5, 0.6) is 5.75 Å². The van der Waals surface area contributed by atoms with Crippen LogP contribution in [0.2, 0.25) is 0 Å². The number of hydrogen-bond donors (Lipinski definition) is 3. The van der Waals surface area contributed by atoms with Crippen LogP contribution in [0.1, 0.15) is 35.5 Å². The molecule has 0 aliphatic rings. The normalized spacial score (nSPS) is 12.1. The van der Waals surface area contributed by atoms with Crippen LogP contribution < -0.4 is 15.4 Å². The first-order valence-corrected chi connectivity index (χ1v) is 10.5. The summed E-state index contributed by atoms with van der Waals surface area (Å²) in [6.45, 7) is 7.59. The number of ether oxygens (including phenoxy) is 1. The van der Waals surface area contributed by atoms with Gasteiger partial charge in [-0.15, -0.1) is 24.0 Å². The molecule has 0 spiro atoms. The first kappa shape index (κ1) is 25.7. The largest absolute Gasteiger partial charge is 0.497 e. The maximum absolute atomic E-state index is 10.6. The number of aliphatic hydroxyl groups is 1. The molecule has 0 bridgehead atoms. The van der Waals surface area contributed by atoms with Crippen LogP contribution in [0, 0.1) is 13.8 Å². The average molecular weight is 549 g/mol. The number of hydrogen-bond acceptors (Lipinski definition) is 4. The van der Waals surface area contributed by atoms with Crippen molar-refractivity contribution in [1.29, 1.82) is 0 Å². The number of halogens is 1. The Morgan fingerprint density at radius 2 is 1.91 bits per heavy atom. The molecule has 0 aliphatic carbocycles. The van der Waals surface area contributed by atoms with E-state index in [2.05, 4.69) is 33.9 Å². The lowest BCUT2D eigenvalue weighted by atomic mass is 10.1. The summed E-state index contributed by atoms with van der Waals surface area (Å²) in [5.41, 5.74) is 4.94. The topological polar surface area (TPSA) is 83.7 Å². The van der Waals surface area contributed by atoms with Crippen molar-refractivity contribution in [2.45, 2.75) is 33.4 Å². The van der Waals surface area contributed by atoms with Gasteiger partial charge in [-0.1, -0.05) is 30.3 Å². The second-order valence-corrected chi connectivity index (χ2v) is 7.34. The monoisotopic (exact) mass is 549 g/mol. The number of para-hydroxylation sites is 1. The number of aliphatic imine (C=N–C) groups is 1. The summed E-state index contributed by atoms with van der Waals surface area (Å²) < 4.78 is 7.19.